The number of sulfone groups is 1. The van der Waals surface area contributed by atoms with E-state index < -0.39 is 15.8 Å². The van der Waals surface area contributed by atoms with E-state index in [1.807, 2.05) is 60.7 Å². The normalized spacial score (nSPS) is 14.1. The minimum atomic E-state index is -2.99. The van der Waals surface area contributed by atoms with Crippen LogP contribution in [0.25, 0.3) is 0 Å². The van der Waals surface area contributed by atoms with Gasteiger partial charge in [0.15, 0.2) is 0 Å². The van der Waals surface area contributed by atoms with Crippen molar-refractivity contribution in [1.29, 1.82) is 0 Å². The lowest BCUT2D eigenvalue weighted by Crippen LogP contribution is -2.07. The summed E-state index contributed by atoms with van der Waals surface area (Å²) in [5.41, 5.74) is 3.49. The second kappa shape index (κ2) is 11.8. The van der Waals surface area contributed by atoms with Crippen LogP contribution in [-0.4, -0.2) is 44.7 Å². The predicted molar refractivity (Wildman–Crippen MR) is 140 cm³/mol. The molecule has 1 N–H and O–H groups in total. The highest BCUT2D eigenvalue weighted by Crippen LogP contribution is 2.38. The molecule has 0 saturated heterocycles. The molecule has 1 heterocycles. The molecule has 0 amide bonds. The molecular formula is C29H28O7S. The molecule has 0 aliphatic carbocycles. The van der Waals surface area contributed by atoms with Crippen molar-refractivity contribution in [3.05, 3.63) is 89.0 Å². The first-order chi connectivity index (χ1) is 17.7. The van der Waals surface area contributed by atoms with Gasteiger partial charge in [0.25, 0.3) is 0 Å². The Morgan fingerprint density at radius 2 is 1.73 bits per heavy atom. The smallest absolute Gasteiger partial charge is 0.304 e. The molecule has 0 aromatic heterocycles. The number of hydrogen-bond donors (Lipinski definition) is 1. The van der Waals surface area contributed by atoms with Crippen molar-refractivity contribution >= 4 is 15.8 Å². The number of hydrogen-bond acceptors (Lipinski definition) is 6. The summed E-state index contributed by atoms with van der Waals surface area (Å²) in [6, 6.07) is 20.7. The second-order valence-electron chi connectivity index (χ2n) is 8.90. The molecule has 7 nitrogen and oxygen atoms in total. The highest BCUT2D eigenvalue weighted by molar-refractivity contribution is 7.90. The second-order valence-corrected chi connectivity index (χ2v) is 11.2. The molecule has 3 aromatic carbocycles. The van der Waals surface area contributed by atoms with Crippen molar-refractivity contribution in [2.45, 2.75) is 25.4 Å². The highest BCUT2D eigenvalue weighted by atomic mass is 32.2. The molecule has 1 unspecified atom stereocenters. The van der Waals surface area contributed by atoms with Crippen LogP contribution in [-0.2, 0) is 21.2 Å². The molecule has 0 fully saturated rings. The topological polar surface area (TPSA) is 99.1 Å². The minimum Gasteiger partial charge on any atom is -0.494 e. The fraction of sp³-hybridized carbons (Fsp3) is 0.276. The summed E-state index contributed by atoms with van der Waals surface area (Å²) < 4.78 is 39.7. The Morgan fingerprint density at radius 3 is 2.49 bits per heavy atom. The average molecular weight is 521 g/mol. The molecule has 0 saturated carbocycles. The molecule has 4 rings (SSSR count). The van der Waals surface area contributed by atoms with Crippen molar-refractivity contribution in [2.75, 3.05) is 25.2 Å². The summed E-state index contributed by atoms with van der Waals surface area (Å²) in [6.07, 6.45) is 1.70. The van der Waals surface area contributed by atoms with Crippen molar-refractivity contribution in [1.82, 2.24) is 0 Å². The Balaban J connectivity index is 1.34. The Morgan fingerprint density at radius 1 is 1.00 bits per heavy atom. The fourth-order valence-corrected chi connectivity index (χ4v) is 4.59. The predicted octanol–water partition coefficient (Wildman–Crippen LogP) is 4.43. The molecule has 3 aromatic rings. The van der Waals surface area contributed by atoms with Crippen molar-refractivity contribution < 1.29 is 32.5 Å². The third kappa shape index (κ3) is 8.02. The van der Waals surface area contributed by atoms with E-state index in [-0.39, 0.29) is 18.1 Å². The minimum absolute atomic E-state index is 0.0454. The molecule has 1 atom stereocenters. The molecule has 0 radical (unpaired) electrons. The number of carboxylic acid groups (broad SMARTS) is 1. The zero-order valence-electron chi connectivity index (χ0n) is 20.5. The molecule has 0 spiro atoms. The molecule has 8 heteroatoms. The first-order valence-corrected chi connectivity index (χ1v) is 13.9. The van der Waals surface area contributed by atoms with Crippen LogP contribution in [0.3, 0.4) is 0 Å². The van der Waals surface area contributed by atoms with E-state index in [9.17, 15) is 13.2 Å². The van der Waals surface area contributed by atoms with Crippen LogP contribution in [0.2, 0.25) is 0 Å². The van der Waals surface area contributed by atoms with Gasteiger partial charge in [-0.2, -0.15) is 0 Å². The first kappa shape index (κ1) is 26.1. The largest absolute Gasteiger partial charge is 0.494 e. The number of ether oxygens (including phenoxy) is 3. The maximum Gasteiger partial charge on any atom is 0.304 e. The van der Waals surface area contributed by atoms with Crippen LogP contribution in [0.5, 0.6) is 17.2 Å². The quantitative estimate of drug-likeness (QED) is 0.312. The van der Waals surface area contributed by atoms with Gasteiger partial charge in [-0.3, -0.25) is 4.79 Å². The highest BCUT2D eigenvalue weighted by Gasteiger charge is 2.26. The molecule has 1 aliphatic rings. The SMILES string of the molecule is CS(=O)(=O)CCCOc1cccc(C#Cc2cccc(COc3ccc4c(c3)OCC4CC(=O)O)c2)c1. The van der Waals surface area contributed by atoms with Gasteiger partial charge in [-0.1, -0.05) is 36.1 Å². The molecule has 1 aliphatic heterocycles. The summed E-state index contributed by atoms with van der Waals surface area (Å²) in [5, 5.41) is 9.05. The summed E-state index contributed by atoms with van der Waals surface area (Å²) >= 11 is 0. The Kier molecular flexibility index (Phi) is 8.36. The van der Waals surface area contributed by atoms with Crippen molar-refractivity contribution in [3.8, 4) is 29.1 Å². The van der Waals surface area contributed by atoms with Crippen molar-refractivity contribution in [3.63, 3.8) is 0 Å². The van der Waals surface area contributed by atoms with E-state index in [0.29, 0.717) is 43.5 Å². The van der Waals surface area contributed by atoms with E-state index >= 15 is 0 Å². The third-order valence-corrected chi connectivity index (χ3v) is 6.76. The van der Waals surface area contributed by atoms with Crippen LogP contribution in [0.15, 0.2) is 66.7 Å². The summed E-state index contributed by atoms with van der Waals surface area (Å²) in [4.78, 5) is 11.0. The van der Waals surface area contributed by atoms with Gasteiger partial charge in [0, 0.05) is 34.9 Å². The van der Waals surface area contributed by atoms with E-state index in [1.54, 1.807) is 6.07 Å². The van der Waals surface area contributed by atoms with Gasteiger partial charge >= 0.3 is 5.97 Å². The standard InChI is InChI=1S/C29H28O7S/c1-37(32,33)14-4-13-34-25-8-3-6-22(16-25)10-9-21-5-2-7-23(15-21)19-35-26-11-12-27-24(17-29(30)31)20-36-28(27)18-26/h2-3,5-8,11-12,15-16,18,24H,4,13-14,17,19-20H2,1H3,(H,30,31). The zero-order valence-corrected chi connectivity index (χ0v) is 21.3. The lowest BCUT2D eigenvalue weighted by atomic mass is 9.98. The number of rotatable bonds is 10. The summed E-state index contributed by atoms with van der Waals surface area (Å²) in [6.45, 7) is 1.04. The Hall–Kier alpha value is -3.96. The molecule has 192 valence electrons. The van der Waals surface area contributed by atoms with E-state index in [1.165, 1.54) is 6.26 Å². The van der Waals surface area contributed by atoms with Gasteiger partial charge in [0.2, 0.25) is 0 Å². The van der Waals surface area contributed by atoms with Gasteiger partial charge in [-0.05, 0) is 48.4 Å². The fourth-order valence-electron chi connectivity index (χ4n) is 3.95. The van der Waals surface area contributed by atoms with Crippen LogP contribution in [0, 0.1) is 11.8 Å². The maximum absolute atomic E-state index is 11.2. The Labute approximate surface area is 216 Å². The zero-order chi connectivity index (χ0) is 26.3. The van der Waals surface area contributed by atoms with Crippen LogP contribution in [0.1, 0.15) is 41.0 Å². The lowest BCUT2D eigenvalue weighted by molar-refractivity contribution is -0.137. The third-order valence-electron chi connectivity index (χ3n) is 5.73. The number of carboxylic acids is 1. The van der Waals surface area contributed by atoms with Crippen LogP contribution >= 0.6 is 0 Å². The average Bonchev–Trinajstić information content (AvgIpc) is 3.25. The molecule has 37 heavy (non-hydrogen) atoms. The van der Waals surface area contributed by atoms with Gasteiger partial charge in [-0.25, -0.2) is 8.42 Å². The maximum atomic E-state index is 11.2. The van der Waals surface area contributed by atoms with E-state index in [0.717, 1.165) is 22.3 Å². The first-order valence-electron chi connectivity index (χ1n) is 11.9. The van der Waals surface area contributed by atoms with E-state index in [2.05, 4.69) is 11.8 Å². The Bertz CT molecular complexity index is 1430. The van der Waals surface area contributed by atoms with Gasteiger partial charge in [0.05, 0.1) is 25.4 Å². The monoisotopic (exact) mass is 520 g/mol. The van der Waals surface area contributed by atoms with Gasteiger partial charge < -0.3 is 19.3 Å². The van der Waals surface area contributed by atoms with Crippen molar-refractivity contribution in [2.24, 2.45) is 0 Å². The molecular weight excluding hydrogens is 492 g/mol. The van der Waals surface area contributed by atoms with Crippen LogP contribution in [0.4, 0.5) is 0 Å². The lowest BCUT2D eigenvalue weighted by Gasteiger charge is -2.09. The summed E-state index contributed by atoms with van der Waals surface area (Å²) in [7, 11) is -2.99. The molecule has 0 bridgehead atoms. The number of fused-ring (bicyclic) bond motifs is 1. The van der Waals surface area contributed by atoms with E-state index in [4.69, 9.17) is 19.3 Å². The number of aliphatic carboxylic acids is 1. The summed E-state index contributed by atoms with van der Waals surface area (Å²) in [5.74, 6) is 7.39. The van der Waals surface area contributed by atoms with Crippen LogP contribution < -0.4 is 14.2 Å². The number of benzene rings is 3. The van der Waals surface area contributed by atoms with Gasteiger partial charge in [0.1, 0.15) is 33.7 Å². The van der Waals surface area contributed by atoms with Gasteiger partial charge in [-0.15, -0.1) is 0 Å². The number of carbonyl (C=O) groups is 1.